The van der Waals surface area contributed by atoms with Gasteiger partial charge in [-0.05, 0) is 12.1 Å². The molecule has 2 rings (SSSR count). The number of hydrogen-bond acceptors (Lipinski definition) is 5. The van der Waals surface area contributed by atoms with Crippen LogP contribution in [0, 0.1) is 5.92 Å². The summed E-state index contributed by atoms with van der Waals surface area (Å²) in [6.45, 7) is 1.76. The van der Waals surface area contributed by atoms with Crippen molar-refractivity contribution in [2.24, 2.45) is 5.92 Å². The summed E-state index contributed by atoms with van der Waals surface area (Å²) in [6.07, 6.45) is 1.86. The van der Waals surface area contributed by atoms with Gasteiger partial charge in [-0.3, -0.25) is 14.6 Å². The Balaban J connectivity index is 1.98. The number of thiazole rings is 1. The molecule has 0 aromatic carbocycles. The molecule has 1 unspecified atom stereocenters. The third-order valence-electron chi connectivity index (χ3n) is 3.16. The van der Waals surface area contributed by atoms with Gasteiger partial charge in [-0.2, -0.15) is 0 Å². The standard InChI is InChI=1S/C15H17N3O3S/c1-10(15(20)21)8-18(2)13(19)7-11-9-22-14(17-11)12-5-3-4-6-16-12/h3-6,9-10H,7-8H2,1-2H3,(H,20,21). The Hall–Kier alpha value is -2.28. The smallest absolute Gasteiger partial charge is 0.308 e. The topological polar surface area (TPSA) is 83.4 Å². The van der Waals surface area contributed by atoms with Crippen LogP contribution in [0.15, 0.2) is 29.8 Å². The largest absolute Gasteiger partial charge is 0.481 e. The maximum atomic E-state index is 12.1. The number of aromatic nitrogens is 2. The third kappa shape index (κ3) is 4.11. The summed E-state index contributed by atoms with van der Waals surface area (Å²) in [4.78, 5) is 33.0. The number of rotatable bonds is 6. The average molecular weight is 319 g/mol. The Morgan fingerprint density at radius 3 is 2.82 bits per heavy atom. The second-order valence-corrected chi connectivity index (χ2v) is 5.91. The summed E-state index contributed by atoms with van der Waals surface area (Å²) in [6, 6.07) is 5.58. The highest BCUT2D eigenvalue weighted by Crippen LogP contribution is 2.21. The second kappa shape index (κ2) is 7.13. The van der Waals surface area contributed by atoms with Crippen LogP contribution in [-0.2, 0) is 16.0 Å². The fourth-order valence-electron chi connectivity index (χ4n) is 1.88. The quantitative estimate of drug-likeness (QED) is 0.879. The molecule has 2 aromatic heterocycles. The van der Waals surface area contributed by atoms with Gasteiger partial charge in [-0.15, -0.1) is 11.3 Å². The number of aliphatic carboxylic acids is 1. The van der Waals surface area contributed by atoms with Gasteiger partial charge in [0.15, 0.2) is 0 Å². The minimum atomic E-state index is -0.911. The number of amides is 1. The Bertz CT molecular complexity index is 657. The van der Waals surface area contributed by atoms with Gasteiger partial charge in [0.05, 0.1) is 23.7 Å². The molecule has 1 N–H and O–H groups in total. The predicted molar refractivity (Wildman–Crippen MR) is 83.5 cm³/mol. The van der Waals surface area contributed by atoms with E-state index >= 15 is 0 Å². The molecular formula is C15H17N3O3S. The van der Waals surface area contributed by atoms with Crippen molar-refractivity contribution in [1.82, 2.24) is 14.9 Å². The minimum absolute atomic E-state index is 0.147. The number of hydrogen-bond donors (Lipinski definition) is 1. The highest BCUT2D eigenvalue weighted by Gasteiger charge is 2.18. The van der Waals surface area contributed by atoms with Gasteiger partial charge in [0.25, 0.3) is 0 Å². The van der Waals surface area contributed by atoms with E-state index < -0.39 is 11.9 Å². The van der Waals surface area contributed by atoms with Crippen LogP contribution in [0.3, 0.4) is 0 Å². The fraction of sp³-hybridized carbons (Fsp3) is 0.333. The van der Waals surface area contributed by atoms with E-state index in [2.05, 4.69) is 9.97 Å². The van der Waals surface area contributed by atoms with Crippen molar-refractivity contribution in [1.29, 1.82) is 0 Å². The SMILES string of the molecule is CC(CN(C)C(=O)Cc1csc(-c2ccccn2)n1)C(=O)O. The van der Waals surface area contributed by atoms with E-state index in [1.54, 1.807) is 20.2 Å². The number of nitrogens with zero attached hydrogens (tertiary/aromatic N) is 3. The highest BCUT2D eigenvalue weighted by molar-refractivity contribution is 7.13. The molecule has 0 aliphatic heterocycles. The first-order valence-electron chi connectivity index (χ1n) is 6.80. The second-order valence-electron chi connectivity index (χ2n) is 5.05. The van der Waals surface area contributed by atoms with Crippen molar-refractivity contribution in [2.45, 2.75) is 13.3 Å². The van der Waals surface area contributed by atoms with Gasteiger partial charge in [0.2, 0.25) is 5.91 Å². The number of likely N-dealkylation sites (N-methyl/N-ethyl adjacent to an activating group) is 1. The van der Waals surface area contributed by atoms with Crippen LogP contribution in [0.5, 0.6) is 0 Å². The molecule has 1 atom stereocenters. The molecule has 6 nitrogen and oxygen atoms in total. The van der Waals surface area contributed by atoms with Crippen LogP contribution in [0.1, 0.15) is 12.6 Å². The summed E-state index contributed by atoms with van der Waals surface area (Å²) in [7, 11) is 1.60. The lowest BCUT2D eigenvalue weighted by molar-refractivity contribution is -0.142. The first kappa shape index (κ1) is 16.1. The van der Waals surface area contributed by atoms with Crippen LogP contribution in [-0.4, -0.2) is 45.4 Å². The van der Waals surface area contributed by atoms with Crippen LogP contribution in [0.2, 0.25) is 0 Å². The van der Waals surface area contributed by atoms with E-state index in [1.165, 1.54) is 16.2 Å². The third-order valence-corrected chi connectivity index (χ3v) is 4.08. The van der Waals surface area contributed by atoms with Gasteiger partial charge in [0, 0.05) is 25.2 Å². The molecule has 116 valence electrons. The van der Waals surface area contributed by atoms with Crippen molar-refractivity contribution >= 4 is 23.2 Å². The molecule has 0 spiro atoms. The maximum absolute atomic E-state index is 12.1. The molecule has 0 aliphatic rings. The van der Waals surface area contributed by atoms with Crippen LogP contribution >= 0.6 is 11.3 Å². The summed E-state index contributed by atoms with van der Waals surface area (Å²) in [5.74, 6) is -1.65. The lowest BCUT2D eigenvalue weighted by atomic mass is 10.1. The van der Waals surface area contributed by atoms with Crippen molar-refractivity contribution in [3.63, 3.8) is 0 Å². The first-order chi connectivity index (χ1) is 10.5. The molecule has 1 amide bonds. The van der Waals surface area contributed by atoms with Gasteiger partial charge >= 0.3 is 5.97 Å². The number of carbonyl (C=O) groups excluding carboxylic acids is 1. The summed E-state index contributed by atoms with van der Waals surface area (Å²) in [5.41, 5.74) is 1.45. The van der Waals surface area contributed by atoms with Crippen molar-refractivity contribution in [3.8, 4) is 10.7 Å². The molecule has 7 heteroatoms. The van der Waals surface area contributed by atoms with E-state index in [0.29, 0.717) is 5.69 Å². The van der Waals surface area contributed by atoms with Crippen molar-refractivity contribution in [2.75, 3.05) is 13.6 Å². The van der Waals surface area contributed by atoms with Crippen molar-refractivity contribution in [3.05, 3.63) is 35.5 Å². The van der Waals surface area contributed by atoms with E-state index in [9.17, 15) is 9.59 Å². The van der Waals surface area contributed by atoms with Crippen LogP contribution in [0.4, 0.5) is 0 Å². The summed E-state index contributed by atoms with van der Waals surface area (Å²) >= 11 is 1.44. The zero-order valence-corrected chi connectivity index (χ0v) is 13.2. The molecule has 0 bridgehead atoms. The monoisotopic (exact) mass is 319 g/mol. The summed E-state index contributed by atoms with van der Waals surface area (Å²) < 4.78 is 0. The first-order valence-corrected chi connectivity index (χ1v) is 7.68. The molecule has 22 heavy (non-hydrogen) atoms. The van der Waals surface area contributed by atoms with Crippen molar-refractivity contribution < 1.29 is 14.7 Å². The fourth-order valence-corrected chi connectivity index (χ4v) is 2.67. The van der Waals surface area contributed by atoms with Gasteiger partial charge in [-0.1, -0.05) is 13.0 Å². The Labute approximate surface area is 132 Å². The minimum Gasteiger partial charge on any atom is -0.481 e. The molecule has 0 radical (unpaired) electrons. The van der Waals surface area contributed by atoms with Gasteiger partial charge < -0.3 is 10.0 Å². The van der Waals surface area contributed by atoms with E-state index in [-0.39, 0.29) is 18.9 Å². The molecule has 0 fully saturated rings. The zero-order chi connectivity index (χ0) is 16.1. The van der Waals surface area contributed by atoms with Crippen LogP contribution < -0.4 is 0 Å². The van der Waals surface area contributed by atoms with Crippen LogP contribution in [0.25, 0.3) is 10.7 Å². The Morgan fingerprint density at radius 2 is 2.18 bits per heavy atom. The highest BCUT2D eigenvalue weighted by atomic mass is 32.1. The lowest BCUT2D eigenvalue weighted by Crippen LogP contribution is -2.34. The van der Waals surface area contributed by atoms with Gasteiger partial charge in [-0.25, -0.2) is 4.98 Å². The zero-order valence-electron chi connectivity index (χ0n) is 12.4. The lowest BCUT2D eigenvalue weighted by Gasteiger charge is -2.18. The Kier molecular flexibility index (Phi) is 5.21. The number of pyridine rings is 1. The molecular weight excluding hydrogens is 302 g/mol. The normalized spacial score (nSPS) is 11.9. The average Bonchev–Trinajstić information content (AvgIpc) is 2.96. The van der Waals surface area contributed by atoms with E-state index in [0.717, 1.165) is 10.7 Å². The molecule has 0 saturated carbocycles. The molecule has 0 aliphatic carbocycles. The Morgan fingerprint density at radius 1 is 1.41 bits per heavy atom. The van der Waals surface area contributed by atoms with Gasteiger partial charge in [0.1, 0.15) is 5.01 Å². The maximum Gasteiger partial charge on any atom is 0.308 e. The summed E-state index contributed by atoms with van der Waals surface area (Å²) in [5, 5.41) is 11.5. The molecule has 2 aromatic rings. The van der Waals surface area contributed by atoms with E-state index in [4.69, 9.17) is 5.11 Å². The predicted octanol–water partition coefficient (Wildman–Crippen LogP) is 1.93. The number of carboxylic acid groups (broad SMARTS) is 1. The number of carbonyl (C=O) groups is 2. The van der Waals surface area contributed by atoms with E-state index in [1.807, 2.05) is 23.6 Å². The molecule has 2 heterocycles. The molecule has 0 saturated heterocycles. The number of carboxylic acids is 1.